The molecule has 0 saturated heterocycles. The topological polar surface area (TPSA) is 26.0 Å². The van der Waals surface area contributed by atoms with Crippen LogP contribution in [-0.4, -0.2) is 11.8 Å². The Morgan fingerprint density at radius 1 is 1.17 bits per heavy atom. The number of benzene rings is 1. The molecule has 0 aromatic heterocycles. The van der Waals surface area contributed by atoms with Crippen LogP contribution in [0.3, 0.4) is 0 Å². The van der Waals surface area contributed by atoms with E-state index in [2.05, 4.69) is 47.9 Å². The first kappa shape index (κ1) is 13.5. The summed E-state index contributed by atoms with van der Waals surface area (Å²) in [5.74, 6) is 7.21. The highest BCUT2D eigenvalue weighted by Crippen LogP contribution is 2.30. The first-order valence-electron chi connectivity index (χ1n) is 6.78. The summed E-state index contributed by atoms with van der Waals surface area (Å²) < 4.78 is 0. The van der Waals surface area contributed by atoms with E-state index in [1.807, 2.05) is 0 Å². The molecule has 18 heavy (non-hydrogen) atoms. The molecule has 1 aliphatic carbocycles. The van der Waals surface area contributed by atoms with Gasteiger partial charge < -0.3 is 5.73 Å². The molecule has 0 aliphatic heterocycles. The van der Waals surface area contributed by atoms with E-state index in [0.717, 1.165) is 16.6 Å². The number of rotatable bonds is 3. The van der Waals surface area contributed by atoms with Crippen molar-refractivity contribution in [3.05, 3.63) is 35.4 Å². The van der Waals surface area contributed by atoms with Crippen molar-refractivity contribution in [2.24, 2.45) is 5.73 Å². The molecule has 0 bridgehead atoms. The van der Waals surface area contributed by atoms with Gasteiger partial charge in [0.05, 0.1) is 6.54 Å². The minimum absolute atomic E-state index is 0.435. The van der Waals surface area contributed by atoms with Gasteiger partial charge in [0.2, 0.25) is 0 Å². The van der Waals surface area contributed by atoms with Gasteiger partial charge in [-0.15, -0.1) is 0 Å². The van der Waals surface area contributed by atoms with Gasteiger partial charge in [-0.1, -0.05) is 49.3 Å². The average Bonchev–Trinajstić information content (AvgIpc) is 2.45. The Hall–Kier alpha value is -0.910. The van der Waals surface area contributed by atoms with Crippen molar-refractivity contribution in [3.8, 4) is 11.8 Å². The maximum atomic E-state index is 5.44. The van der Waals surface area contributed by atoms with Gasteiger partial charge >= 0.3 is 0 Å². The number of hydrogen-bond acceptors (Lipinski definition) is 2. The van der Waals surface area contributed by atoms with Crippen LogP contribution < -0.4 is 5.73 Å². The molecule has 0 unspecified atom stereocenters. The first-order valence-corrected chi connectivity index (χ1v) is 7.83. The molecular weight excluding hydrogens is 238 g/mol. The van der Waals surface area contributed by atoms with Gasteiger partial charge in [0, 0.05) is 16.6 Å². The highest BCUT2D eigenvalue weighted by atomic mass is 32.2. The van der Waals surface area contributed by atoms with Crippen LogP contribution in [0.15, 0.2) is 24.3 Å². The zero-order chi connectivity index (χ0) is 12.6. The van der Waals surface area contributed by atoms with Crippen molar-refractivity contribution in [1.29, 1.82) is 0 Å². The fourth-order valence-electron chi connectivity index (χ4n) is 2.35. The van der Waals surface area contributed by atoms with E-state index < -0.39 is 0 Å². The second-order valence-corrected chi connectivity index (χ2v) is 6.02. The molecule has 96 valence electrons. The van der Waals surface area contributed by atoms with Gasteiger partial charge in [0.15, 0.2) is 0 Å². The molecule has 0 amide bonds. The predicted molar refractivity (Wildman–Crippen MR) is 80.5 cm³/mol. The third kappa shape index (κ3) is 4.08. The Kier molecular flexibility index (Phi) is 5.64. The molecular formula is C16H21NS. The molecule has 1 aromatic rings. The minimum atomic E-state index is 0.435. The fourth-order valence-corrected chi connectivity index (χ4v) is 3.69. The lowest BCUT2D eigenvalue weighted by atomic mass is 10.0. The van der Waals surface area contributed by atoms with E-state index in [1.165, 1.54) is 37.7 Å². The molecule has 2 heteroatoms. The summed E-state index contributed by atoms with van der Waals surface area (Å²) in [6.07, 6.45) is 7.02. The molecule has 0 heterocycles. The van der Waals surface area contributed by atoms with E-state index in [0.29, 0.717) is 6.54 Å². The molecule has 1 nitrogen and oxygen atoms in total. The minimum Gasteiger partial charge on any atom is -0.320 e. The van der Waals surface area contributed by atoms with Crippen LogP contribution >= 0.6 is 11.8 Å². The average molecular weight is 259 g/mol. The van der Waals surface area contributed by atoms with Crippen molar-refractivity contribution in [2.45, 2.75) is 43.1 Å². The molecule has 0 radical (unpaired) electrons. The standard InChI is InChI=1S/C16H21NS/c17-12-6-9-14-7-4-5-8-15(14)13-18-16-10-2-1-3-11-16/h4-5,7-8,16H,1-3,10-13,17H2. The maximum Gasteiger partial charge on any atom is 0.0555 e. The van der Waals surface area contributed by atoms with Crippen molar-refractivity contribution in [2.75, 3.05) is 6.54 Å². The number of thioether (sulfide) groups is 1. The second-order valence-electron chi connectivity index (χ2n) is 4.73. The van der Waals surface area contributed by atoms with Gasteiger partial charge in [0.1, 0.15) is 0 Å². The van der Waals surface area contributed by atoms with E-state index >= 15 is 0 Å². The van der Waals surface area contributed by atoms with Crippen LogP contribution in [0.5, 0.6) is 0 Å². The Morgan fingerprint density at radius 2 is 1.94 bits per heavy atom. The van der Waals surface area contributed by atoms with Gasteiger partial charge in [-0.2, -0.15) is 11.8 Å². The third-order valence-corrected chi connectivity index (χ3v) is 4.79. The zero-order valence-electron chi connectivity index (χ0n) is 10.8. The smallest absolute Gasteiger partial charge is 0.0555 e. The van der Waals surface area contributed by atoms with E-state index in [-0.39, 0.29) is 0 Å². The van der Waals surface area contributed by atoms with E-state index in [4.69, 9.17) is 5.73 Å². The Labute approximate surface area is 115 Å². The Balaban J connectivity index is 1.95. The second kappa shape index (κ2) is 7.51. The van der Waals surface area contributed by atoms with E-state index in [9.17, 15) is 0 Å². The van der Waals surface area contributed by atoms with Crippen LogP contribution in [-0.2, 0) is 5.75 Å². The lowest BCUT2D eigenvalue weighted by Crippen LogP contribution is -2.08. The first-order chi connectivity index (χ1) is 8.90. The lowest BCUT2D eigenvalue weighted by molar-refractivity contribution is 0.516. The van der Waals surface area contributed by atoms with Crippen molar-refractivity contribution < 1.29 is 0 Å². The highest BCUT2D eigenvalue weighted by Gasteiger charge is 2.14. The maximum absolute atomic E-state index is 5.44. The highest BCUT2D eigenvalue weighted by molar-refractivity contribution is 7.99. The summed E-state index contributed by atoms with van der Waals surface area (Å²) in [5, 5.41) is 0.856. The molecule has 1 fully saturated rings. The summed E-state index contributed by atoms with van der Waals surface area (Å²) >= 11 is 2.10. The zero-order valence-corrected chi connectivity index (χ0v) is 11.6. The van der Waals surface area contributed by atoms with Crippen LogP contribution in [0.25, 0.3) is 0 Å². The van der Waals surface area contributed by atoms with Gasteiger partial charge in [-0.3, -0.25) is 0 Å². The van der Waals surface area contributed by atoms with Gasteiger partial charge in [-0.05, 0) is 24.5 Å². The number of nitrogens with two attached hydrogens (primary N) is 1. The molecule has 1 aliphatic rings. The Bertz CT molecular complexity index is 424. The normalized spacial score (nSPS) is 16.1. The van der Waals surface area contributed by atoms with Gasteiger partial charge in [0.25, 0.3) is 0 Å². The predicted octanol–water partition coefficient (Wildman–Crippen LogP) is 3.56. The van der Waals surface area contributed by atoms with Crippen LogP contribution in [0.4, 0.5) is 0 Å². The largest absolute Gasteiger partial charge is 0.320 e. The van der Waals surface area contributed by atoms with Crippen molar-refractivity contribution in [3.63, 3.8) is 0 Å². The summed E-state index contributed by atoms with van der Waals surface area (Å²) in [6.45, 7) is 0.435. The summed E-state index contributed by atoms with van der Waals surface area (Å²) in [5.41, 5.74) is 7.94. The fraction of sp³-hybridized carbons (Fsp3) is 0.500. The monoisotopic (exact) mass is 259 g/mol. The SMILES string of the molecule is NCC#Cc1ccccc1CSC1CCCCC1. The molecule has 2 rings (SSSR count). The molecule has 0 spiro atoms. The van der Waals surface area contributed by atoms with Crippen LogP contribution in [0.2, 0.25) is 0 Å². The molecule has 2 N–H and O–H groups in total. The van der Waals surface area contributed by atoms with Crippen LogP contribution in [0, 0.1) is 11.8 Å². The molecule has 1 saturated carbocycles. The summed E-state index contributed by atoms with van der Waals surface area (Å²) in [7, 11) is 0. The molecule has 1 aromatic carbocycles. The Morgan fingerprint density at radius 3 is 2.72 bits per heavy atom. The quantitative estimate of drug-likeness (QED) is 0.840. The summed E-state index contributed by atoms with van der Waals surface area (Å²) in [4.78, 5) is 0. The molecule has 0 atom stereocenters. The van der Waals surface area contributed by atoms with Crippen molar-refractivity contribution in [1.82, 2.24) is 0 Å². The third-order valence-electron chi connectivity index (χ3n) is 3.37. The van der Waals surface area contributed by atoms with Crippen LogP contribution in [0.1, 0.15) is 43.2 Å². The van der Waals surface area contributed by atoms with Crippen molar-refractivity contribution >= 4 is 11.8 Å². The summed E-state index contributed by atoms with van der Waals surface area (Å²) in [6, 6.07) is 8.44. The number of hydrogen-bond donors (Lipinski definition) is 1. The van der Waals surface area contributed by atoms with Gasteiger partial charge in [-0.25, -0.2) is 0 Å². The van der Waals surface area contributed by atoms with E-state index in [1.54, 1.807) is 0 Å². The lowest BCUT2D eigenvalue weighted by Gasteiger charge is -2.21.